The molecule has 0 aromatic carbocycles. The highest BCUT2D eigenvalue weighted by atomic mass is 32.1. The Labute approximate surface area is 118 Å². The number of aryl methyl sites for hydroxylation is 1. The van der Waals surface area contributed by atoms with Gasteiger partial charge < -0.3 is 10.6 Å². The van der Waals surface area contributed by atoms with Gasteiger partial charge in [-0.25, -0.2) is 9.97 Å². The zero-order valence-electron chi connectivity index (χ0n) is 11.7. The molecule has 0 aliphatic carbocycles. The standard InChI is InChI=1S/C14H20N4S/c1-4-5-12-16-13(15)10(2)14(17-12)18(3)8-11-6-7-19-9-11/h6-7,9H,4-5,8H2,1-3H3,(H2,15,16,17). The van der Waals surface area contributed by atoms with E-state index in [1.807, 2.05) is 14.0 Å². The number of hydrogen-bond donors (Lipinski definition) is 1. The molecule has 102 valence electrons. The van der Waals surface area contributed by atoms with Gasteiger partial charge in [-0.05, 0) is 35.7 Å². The summed E-state index contributed by atoms with van der Waals surface area (Å²) in [6.07, 6.45) is 1.89. The average molecular weight is 276 g/mol. The van der Waals surface area contributed by atoms with Crippen LogP contribution in [0.5, 0.6) is 0 Å². The fourth-order valence-corrected chi connectivity index (χ4v) is 2.67. The largest absolute Gasteiger partial charge is 0.383 e. The van der Waals surface area contributed by atoms with Crippen molar-refractivity contribution in [2.75, 3.05) is 17.7 Å². The number of hydrogen-bond acceptors (Lipinski definition) is 5. The monoisotopic (exact) mass is 276 g/mol. The first-order valence-electron chi connectivity index (χ1n) is 6.47. The SMILES string of the molecule is CCCc1nc(N)c(C)c(N(C)Cc2ccsc2)n1. The van der Waals surface area contributed by atoms with Crippen molar-refractivity contribution >= 4 is 23.0 Å². The molecular weight excluding hydrogens is 256 g/mol. The van der Waals surface area contributed by atoms with E-state index in [0.29, 0.717) is 5.82 Å². The minimum atomic E-state index is 0.589. The number of thiophene rings is 1. The molecule has 0 aliphatic rings. The van der Waals surface area contributed by atoms with Crippen LogP contribution in [-0.2, 0) is 13.0 Å². The predicted octanol–water partition coefficient (Wildman–Crippen LogP) is 3.02. The molecular formula is C14H20N4S. The Balaban J connectivity index is 2.26. The normalized spacial score (nSPS) is 10.7. The smallest absolute Gasteiger partial charge is 0.137 e. The molecule has 0 saturated heterocycles. The van der Waals surface area contributed by atoms with Gasteiger partial charge in [0, 0.05) is 25.6 Å². The molecule has 0 radical (unpaired) electrons. The molecule has 19 heavy (non-hydrogen) atoms. The molecule has 0 aliphatic heterocycles. The fraction of sp³-hybridized carbons (Fsp3) is 0.429. The third-order valence-electron chi connectivity index (χ3n) is 3.04. The van der Waals surface area contributed by atoms with E-state index in [4.69, 9.17) is 5.73 Å². The van der Waals surface area contributed by atoms with E-state index in [2.05, 4.69) is 38.6 Å². The van der Waals surface area contributed by atoms with Gasteiger partial charge in [0.05, 0.1) is 0 Å². The summed E-state index contributed by atoms with van der Waals surface area (Å²) in [7, 11) is 2.04. The molecule has 0 spiro atoms. The second-order valence-electron chi connectivity index (χ2n) is 4.71. The molecule has 2 rings (SSSR count). The maximum Gasteiger partial charge on any atom is 0.137 e. The van der Waals surface area contributed by atoms with Crippen LogP contribution in [0.4, 0.5) is 11.6 Å². The van der Waals surface area contributed by atoms with E-state index in [0.717, 1.165) is 36.6 Å². The number of aromatic nitrogens is 2. The van der Waals surface area contributed by atoms with Gasteiger partial charge in [0.15, 0.2) is 0 Å². The van der Waals surface area contributed by atoms with Gasteiger partial charge >= 0.3 is 0 Å². The molecule has 2 N–H and O–H groups in total. The highest BCUT2D eigenvalue weighted by molar-refractivity contribution is 7.07. The Kier molecular flexibility index (Phi) is 4.37. The van der Waals surface area contributed by atoms with Crippen LogP contribution < -0.4 is 10.6 Å². The van der Waals surface area contributed by atoms with E-state index >= 15 is 0 Å². The van der Waals surface area contributed by atoms with Crippen LogP contribution in [0.2, 0.25) is 0 Å². The van der Waals surface area contributed by atoms with Crippen molar-refractivity contribution in [3.05, 3.63) is 33.8 Å². The molecule has 5 heteroatoms. The molecule has 0 amide bonds. The van der Waals surface area contributed by atoms with E-state index in [9.17, 15) is 0 Å². The second-order valence-corrected chi connectivity index (χ2v) is 5.49. The molecule has 2 aromatic heterocycles. The lowest BCUT2D eigenvalue weighted by Crippen LogP contribution is -2.20. The number of nitrogens with zero attached hydrogens (tertiary/aromatic N) is 3. The summed E-state index contributed by atoms with van der Waals surface area (Å²) in [5.74, 6) is 2.35. The van der Waals surface area contributed by atoms with Crippen LogP contribution >= 0.6 is 11.3 Å². The number of rotatable bonds is 5. The molecule has 4 nitrogen and oxygen atoms in total. The van der Waals surface area contributed by atoms with Crippen LogP contribution in [0, 0.1) is 6.92 Å². The number of nitrogens with two attached hydrogens (primary N) is 1. The Morgan fingerprint density at radius 1 is 1.37 bits per heavy atom. The average Bonchev–Trinajstić information content (AvgIpc) is 2.86. The van der Waals surface area contributed by atoms with Crippen LogP contribution in [-0.4, -0.2) is 17.0 Å². The quantitative estimate of drug-likeness (QED) is 0.912. The van der Waals surface area contributed by atoms with Crippen molar-refractivity contribution in [2.24, 2.45) is 0 Å². The lowest BCUT2D eigenvalue weighted by Gasteiger charge is -2.21. The third-order valence-corrected chi connectivity index (χ3v) is 3.77. The summed E-state index contributed by atoms with van der Waals surface area (Å²) in [6, 6.07) is 2.13. The van der Waals surface area contributed by atoms with Gasteiger partial charge in [-0.15, -0.1) is 0 Å². The van der Waals surface area contributed by atoms with Gasteiger partial charge in [0.1, 0.15) is 17.5 Å². The van der Waals surface area contributed by atoms with Crippen LogP contribution in [0.1, 0.15) is 30.3 Å². The Morgan fingerprint density at radius 3 is 2.79 bits per heavy atom. The van der Waals surface area contributed by atoms with E-state index in [1.165, 1.54) is 5.56 Å². The zero-order chi connectivity index (χ0) is 13.8. The summed E-state index contributed by atoms with van der Waals surface area (Å²) in [4.78, 5) is 11.1. The van der Waals surface area contributed by atoms with Crippen LogP contribution in [0.15, 0.2) is 16.8 Å². The summed E-state index contributed by atoms with van der Waals surface area (Å²) in [5, 5.41) is 4.25. The summed E-state index contributed by atoms with van der Waals surface area (Å²) < 4.78 is 0. The van der Waals surface area contributed by atoms with E-state index < -0.39 is 0 Å². The minimum Gasteiger partial charge on any atom is -0.383 e. The minimum absolute atomic E-state index is 0.589. The fourth-order valence-electron chi connectivity index (χ4n) is 2.01. The van der Waals surface area contributed by atoms with Gasteiger partial charge in [-0.3, -0.25) is 0 Å². The topological polar surface area (TPSA) is 55.0 Å². The molecule has 0 bridgehead atoms. The second kappa shape index (κ2) is 6.02. The molecule has 0 saturated carbocycles. The first kappa shape index (κ1) is 13.8. The molecule has 0 fully saturated rings. The lowest BCUT2D eigenvalue weighted by atomic mass is 10.2. The maximum absolute atomic E-state index is 5.99. The Bertz CT molecular complexity index is 537. The first-order valence-corrected chi connectivity index (χ1v) is 7.41. The van der Waals surface area contributed by atoms with E-state index in [1.54, 1.807) is 11.3 Å². The van der Waals surface area contributed by atoms with Crippen LogP contribution in [0.25, 0.3) is 0 Å². The van der Waals surface area contributed by atoms with Gasteiger partial charge in [0.25, 0.3) is 0 Å². The van der Waals surface area contributed by atoms with Gasteiger partial charge in [-0.2, -0.15) is 11.3 Å². The highest BCUT2D eigenvalue weighted by Crippen LogP contribution is 2.23. The van der Waals surface area contributed by atoms with Gasteiger partial charge in [0.2, 0.25) is 0 Å². The van der Waals surface area contributed by atoms with Crippen LogP contribution in [0.3, 0.4) is 0 Å². The highest BCUT2D eigenvalue weighted by Gasteiger charge is 2.12. The van der Waals surface area contributed by atoms with Crippen molar-refractivity contribution in [3.63, 3.8) is 0 Å². The molecule has 2 aromatic rings. The maximum atomic E-state index is 5.99. The van der Waals surface area contributed by atoms with Gasteiger partial charge in [-0.1, -0.05) is 6.92 Å². The third kappa shape index (κ3) is 3.23. The van der Waals surface area contributed by atoms with Crippen molar-refractivity contribution in [1.29, 1.82) is 0 Å². The van der Waals surface area contributed by atoms with Crippen molar-refractivity contribution in [3.8, 4) is 0 Å². The number of anilines is 2. The first-order chi connectivity index (χ1) is 9.11. The lowest BCUT2D eigenvalue weighted by molar-refractivity contribution is 0.810. The zero-order valence-corrected chi connectivity index (χ0v) is 12.5. The van der Waals surface area contributed by atoms with Crippen molar-refractivity contribution in [1.82, 2.24) is 9.97 Å². The summed E-state index contributed by atoms with van der Waals surface area (Å²) >= 11 is 1.71. The number of nitrogen functional groups attached to an aromatic ring is 1. The predicted molar refractivity (Wildman–Crippen MR) is 81.6 cm³/mol. The van der Waals surface area contributed by atoms with Crippen molar-refractivity contribution in [2.45, 2.75) is 33.2 Å². The Hall–Kier alpha value is -1.62. The van der Waals surface area contributed by atoms with Crippen molar-refractivity contribution < 1.29 is 0 Å². The molecule has 0 unspecified atom stereocenters. The summed E-state index contributed by atoms with van der Waals surface area (Å²) in [6.45, 7) is 4.94. The molecule has 2 heterocycles. The summed E-state index contributed by atoms with van der Waals surface area (Å²) in [5.41, 5.74) is 8.24. The Morgan fingerprint density at radius 2 is 2.16 bits per heavy atom. The molecule has 0 atom stereocenters. The van der Waals surface area contributed by atoms with E-state index in [-0.39, 0.29) is 0 Å².